The van der Waals surface area contributed by atoms with Crippen LogP contribution in [0, 0.1) is 0 Å². The molecule has 0 aliphatic heterocycles. The molecule has 0 saturated carbocycles. The summed E-state index contributed by atoms with van der Waals surface area (Å²) in [5.41, 5.74) is 0. The van der Waals surface area contributed by atoms with Crippen molar-refractivity contribution in [2.24, 2.45) is 0 Å². The van der Waals surface area contributed by atoms with Gasteiger partial charge in [-0.05, 0) is 25.0 Å². The van der Waals surface area contributed by atoms with E-state index < -0.39 is 10.0 Å². The van der Waals surface area contributed by atoms with Crippen LogP contribution < -0.4 is 4.72 Å². The number of hydrogen-bond acceptors (Lipinski definition) is 2. The molecule has 1 atom stereocenters. The Balaban J connectivity index is 2.33. The van der Waals surface area contributed by atoms with Crippen LogP contribution in [0.5, 0.6) is 0 Å². The minimum Gasteiger partial charge on any atom is -0.208 e. The lowest BCUT2D eigenvalue weighted by Gasteiger charge is -2.18. The molecule has 1 aromatic carbocycles. The molecule has 0 aliphatic carbocycles. The summed E-state index contributed by atoms with van der Waals surface area (Å²) in [6, 6.07) is 8.78. The highest BCUT2D eigenvalue weighted by molar-refractivity contribution is 7.89. The molecule has 1 aromatic rings. The number of sulfonamides is 1. The van der Waals surface area contributed by atoms with Gasteiger partial charge in [0.2, 0.25) is 10.0 Å². The summed E-state index contributed by atoms with van der Waals surface area (Å²) in [6.07, 6.45) is 15.7. The lowest BCUT2D eigenvalue weighted by Crippen LogP contribution is -2.34. The summed E-state index contributed by atoms with van der Waals surface area (Å²) in [5.74, 6) is 0. The highest BCUT2D eigenvalue weighted by Crippen LogP contribution is 2.16. The summed E-state index contributed by atoms with van der Waals surface area (Å²) in [4.78, 5) is 0.369. The van der Waals surface area contributed by atoms with Gasteiger partial charge in [-0.25, -0.2) is 13.1 Å². The van der Waals surface area contributed by atoms with Crippen molar-refractivity contribution >= 4 is 10.0 Å². The average Bonchev–Trinajstić information content (AvgIpc) is 2.65. The largest absolute Gasteiger partial charge is 0.240 e. The van der Waals surface area contributed by atoms with Gasteiger partial charge in [-0.15, -0.1) is 0 Å². The van der Waals surface area contributed by atoms with Gasteiger partial charge >= 0.3 is 0 Å². The van der Waals surface area contributed by atoms with Gasteiger partial charge in [0, 0.05) is 6.04 Å². The van der Waals surface area contributed by atoms with E-state index in [0.29, 0.717) is 4.90 Å². The Morgan fingerprint density at radius 3 is 1.81 bits per heavy atom. The first-order valence-electron chi connectivity index (χ1n) is 10.7. The van der Waals surface area contributed by atoms with Crippen LogP contribution in [0.25, 0.3) is 0 Å². The molecule has 26 heavy (non-hydrogen) atoms. The van der Waals surface area contributed by atoms with Gasteiger partial charge in [0.05, 0.1) is 4.90 Å². The van der Waals surface area contributed by atoms with Crippen LogP contribution in [0.3, 0.4) is 0 Å². The van der Waals surface area contributed by atoms with Crippen LogP contribution in [0.4, 0.5) is 0 Å². The summed E-state index contributed by atoms with van der Waals surface area (Å²) in [6.45, 7) is 4.41. The van der Waals surface area contributed by atoms with Crippen molar-refractivity contribution in [3.8, 4) is 0 Å². The average molecular weight is 382 g/mol. The SMILES string of the molecule is CCCCCCCCCCCC(CCCC)NS(=O)(=O)c1ccccc1. The van der Waals surface area contributed by atoms with Crippen LogP contribution in [0.15, 0.2) is 35.2 Å². The lowest BCUT2D eigenvalue weighted by atomic mass is 10.0. The molecule has 1 N–H and O–H groups in total. The third-order valence-corrected chi connectivity index (χ3v) is 6.47. The molecule has 1 rings (SSSR count). The molecule has 150 valence electrons. The van der Waals surface area contributed by atoms with E-state index in [0.717, 1.165) is 32.1 Å². The molecule has 1 unspecified atom stereocenters. The van der Waals surface area contributed by atoms with E-state index in [-0.39, 0.29) is 6.04 Å². The smallest absolute Gasteiger partial charge is 0.208 e. The van der Waals surface area contributed by atoms with E-state index in [2.05, 4.69) is 18.6 Å². The Bertz CT molecular complexity index is 543. The maximum absolute atomic E-state index is 12.6. The number of unbranched alkanes of at least 4 members (excludes halogenated alkanes) is 9. The van der Waals surface area contributed by atoms with Gasteiger partial charge in [0.15, 0.2) is 0 Å². The fourth-order valence-electron chi connectivity index (χ4n) is 3.30. The monoisotopic (exact) mass is 381 g/mol. The summed E-state index contributed by atoms with van der Waals surface area (Å²) in [7, 11) is -3.40. The zero-order valence-corrected chi connectivity index (χ0v) is 17.7. The predicted octanol–water partition coefficient (Wildman–Crippen LogP) is 6.44. The van der Waals surface area contributed by atoms with E-state index in [1.54, 1.807) is 24.3 Å². The van der Waals surface area contributed by atoms with Crippen molar-refractivity contribution in [1.82, 2.24) is 4.72 Å². The third kappa shape index (κ3) is 10.3. The summed E-state index contributed by atoms with van der Waals surface area (Å²) in [5, 5.41) is 0. The van der Waals surface area contributed by atoms with Gasteiger partial charge in [0.1, 0.15) is 0 Å². The molecule has 0 aromatic heterocycles. The standard InChI is InChI=1S/C22H39NO2S/c1-3-5-7-8-9-10-11-12-14-18-21(17-6-4-2)23-26(24,25)22-19-15-13-16-20-22/h13,15-16,19-21,23H,3-12,14,17-18H2,1-2H3. The topological polar surface area (TPSA) is 46.2 Å². The van der Waals surface area contributed by atoms with Crippen molar-refractivity contribution in [2.75, 3.05) is 0 Å². The normalized spacial score (nSPS) is 13.0. The van der Waals surface area contributed by atoms with Crippen molar-refractivity contribution in [3.05, 3.63) is 30.3 Å². The van der Waals surface area contributed by atoms with Crippen LogP contribution >= 0.6 is 0 Å². The fourth-order valence-corrected chi connectivity index (χ4v) is 4.63. The molecule has 0 heterocycles. The zero-order chi connectivity index (χ0) is 19.1. The van der Waals surface area contributed by atoms with Crippen molar-refractivity contribution in [3.63, 3.8) is 0 Å². The quantitative estimate of drug-likeness (QED) is 0.335. The highest BCUT2D eigenvalue weighted by atomic mass is 32.2. The molecule has 0 fully saturated rings. The Hall–Kier alpha value is -0.870. The van der Waals surface area contributed by atoms with Crippen molar-refractivity contribution in [2.45, 2.75) is 108 Å². The van der Waals surface area contributed by atoms with Crippen LogP contribution in [0.2, 0.25) is 0 Å². The molecule has 0 bridgehead atoms. The van der Waals surface area contributed by atoms with Gasteiger partial charge < -0.3 is 0 Å². The second-order valence-electron chi connectivity index (χ2n) is 7.39. The lowest BCUT2D eigenvalue weighted by molar-refractivity contribution is 0.460. The van der Waals surface area contributed by atoms with E-state index in [9.17, 15) is 8.42 Å². The number of benzene rings is 1. The van der Waals surface area contributed by atoms with E-state index >= 15 is 0 Å². The fraction of sp³-hybridized carbons (Fsp3) is 0.727. The molecular weight excluding hydrogens is 342 g/mol. The number of nitrogens with one attached hydrogen (secondary N) is 1. The molecule has 0 aliphatic rings. The Morgan fingerprint density at radius 2 is 1.23 bits per heavy atom. The molecule has 3 nitrogen and oxygen atoms in total. The van der Waals surface area contributed by atoms with E-state index in [4.69, 9.17) is 0 Å². The van der Waals surface area contributed by atoms with Crippen molar-refractivity contribution in [1.29, 1.82) is 0 Å². The van der Waals surface area contributed by atoms with Gasteiger partial charge in [-0.2, -0.15) is 0 Å². The number of hydrogen-bond donors (Lipinski definition) is 1. The molecule has 0 radical (unpaired) electrons. The Labute approximate surface area is 162 Å². The first kappa shape index (κ1) is 23.2. The van der Waals surface area contributed by atoms with Crippen LogP contribution in [0.1, 0.15) is 97.3 Å². The maximum atomic E-state index is 12.6. The van der Waals surface area contributed by atoms with Gasteiger partial charge in [-0.1, -0.05) is 103 Å². The predicted molar refractivity (Wildman–Crippen MR) is 112 cm³/mol. The zero-order valence-electron chi connectivity index (χ0n) is 16.9. The molecule has 0 saturated heterocycles. The third-order valence-electron chi connectivity index (χ3n) is 4.94. The minimum absolute atomic E-state index is 0.0599. The van der Waals surface area contributed by atoms with Crippen molar-refractivity contribution < 1.29 is 8.42 Å². The van der Waals surface area contributed by atoms with Gasteiger partial charge in [0.25, 0.3) is 0 Å². The second-order valence-corrected chi connectivity index (χ2v) is 9.10. The minimum atomic E-state index is -3.40. The molecule has 0 amide bonds. The highest BCUT2D eigenvalue weighted by Gasteiger charge is 2.19. The van der Waals surface area contributed by atoms with Gasteiger partial charge in [-0.3, -0.25) is 0 Å². The maximum Gasteiger partial charge on any atom is 0.240 e. The van der Waals surface area contributed by atoms with E-state index in [1.807, 2.05) is 6.07 Å². The van der Waals surface area contributed by atoms with Crippen LogP contribution in [-0.4, -0.2) is 14.5 Å². The molecule has 0 spiro atoms. The summed E-state index contributed by atoms with van der Waals surface area (Å²) >= 11 is 0. The summed E-state index contributed by atoms with van der Waals surface area (Å²) < 4.78 is 28.1. The first-order chi connectivity index (χ1) is 12.6. The van der Waals surface area contributed by atoms with E-state index in [1.165, 1.54) is 51.4 Å². The first-order valence-corrected chi connectivity index (χ1v) is 12.2. The molecular formula is C22H39NO2S. The number of rotatable bonds is 16. The Morgan fingerprint density at radius 1 is 0.731 bits per heavy atom. The second kappa shape index (κ2) is 14.2. The molecule has 4 heteroatoms. The Kier molecular flexibility index (Phi) is 12.7. The van der Waals surface area contributed by atoms with Crippen LogP contribution in [-0.2, 0) is 10.0 Å².